The standard InChI is InChI=1S/C29H31N3O2/c1-19(2)27(32-28(33)22-14-8-7-11-20(22)3)29(34)31-17-24(21-12-5-4-6-13-21)25-18-30-26-16-10-9-15-23(25)26/h4-16,18-19,24,27,30H,17H2,1-3H3,(H,31,34)(H,32,33)/t24-,27+/m1/s1. The molecule has 0 aliphatic rings. The molecule has 4 rings (SSSR count). The number of hydrogen-bond acceptors (Lipinski definition) is 2. The molecule has 0 radical (unpaired) electrons. The lowest BCUT2D eigenvalue weighted by atomic mass is 9.90. The van der Waals surface area contributed by atoms with Crippen LogP contribution in [0.2, 0.25) is 0 Å². The molecule has 174 valence electrons. The van der Waals surface area contributed by atoms with E-state index < -0.39 is 6.04 Å². The third kappa shape index (κ3) is 5.04. The van der Waals surface area contributed by atoms with Crippen molar-refractivity contribution in [2.75, 3.05) is 6.54 Å². The molecule has 0 fully saturated rings. The molecule has 0 bridgehead atoms. The molecule has 0 spiro atoms. The SMILES string of the molecule is Cc1ccccc1C(=O)N[C@H](C(=O)NC[C@H](c1ccccc1)c1c[nH]c2ccccc12)C(C)C. The van der Waals surface area contributed by atoms with Gasteiger partial charge in [0.25, 0.3) is 5.91 Å². The summed E-state index contributed by atoms with van der Waals surface area (Å²) >= 11 is 0. The molecule has 5 nitrogen and oxygen atoms in total. The Morgan fingerprint density at radius 1 is 0.882 bits per heavy atom. The number of amides is 2. The smallest absolute Gasteiger partial charge is 0.252 e. The van der Waals surface area contributed by atoms with E-state index in [-0.39, 0.29) is 23.7 Å². The van der Waals surface area contributed by atoms with Crippen LogP contribution in [0, 0.1) is 12.8 Å². The fraction of sp³-hybridized carbons (Fsp3) is 0.241. The summed E-state index contributed by atoms with van der Waals surface area (Å²) in [5.41, 5.74) is 4.79. The minimum absolute atomic E-state index is 0.0267. The molecule has 1 heterocycles. The van der Waals surface area contributed by atoms with Crippen LogP contribution < -0.4 is 10.6 Å². The Morgan fingerprint density at radius 3 is 2.29 bits per heavy atom. The number of nitrogens with one attached hydrogen (secondary N) is 3. The number of fused-ring (bicyclic) bond motifs is 1. The van der Waals surface area contributed by atoms with Gasteiger partial charge >= 0.3 is 0 Å². The van der Waals surface area contributed by atoms with E-state index in [4.69, 9.17) is 0 Å². The Kier molecular flexibility index (Phi) is 7.12. The van der Waals surface area contributed by atoms with Crippen molar-refractivity contribution in [3.05, 3.63) is 107 Å². The van der Waals surface area contributed by atoms with Gasteiger partial charge in [-0.2, -0.15) is 0 Å². The quantitative estimate of drug-likeness (QED) is 0.344. The van der Waals surface area contributed by atoms with Crippen LogP contribution in [0.15, 0.2) is 85.1 Å². The molecule has 0 unspecified atom stereocenters. The highest BCUT2D eigenvalue weighted by atomic mass is 16.2. The van der Waals surface area contributed by atoms with Crippen molar-refractivity contribution in [1.29, 1.82) is 0 Å². The van der Waals surface area contributed by atoms with E-state index in [2.05, 4.69) is 39.9 Å². The predicted octanol–water partition coefficient (Wildman–Crippen LogP) is 5.18. The van der Waals surface area contributed by atoms with Gasteiger partial charge in [-0.3, -0.25) is 9.59 Å². The average Bonchev–Trinajstić information content (AvgIpc) is 3.27. The number of benzene rings is 3. The molecule has 0 aliphatic heterocycles. The lowest BCUT2D eigenvalue weighted by Crippen LogP contribution is -2.50. The maximum absolute atomic E-state index is 13.3. The van der Waals surface area contributed by atoms with Crippen molar-refractivity contribution in [3.8, 4) is 0 Å². The van der Waals surface area contributed by atoms with Crippen molar-refractivity contribution in [2.24, 2.45) is 5.92 Å². The first-order valence-corrected chi connectivity index (χ1v) is 11.7. The Balaban J connectivity index is 1.54. The fourth-order valence-electron chi connectivity index (χ4n) is 4.37. The molecule has 34 heavy (non-hydrogen) atoms. The molecule has 0 saturated carbocycles. The molecule has 5 heteroatoms. The molecule has 3 N–H and O–H groups in total. The van der Waals surface area contributed by atoms with Crippen LogP contribution in [-0.4, -0.2) is 29.4 Å². The summed E-state index contributed by atoms with van der Waals surface area (Å²) < 4.78 is 0. The van der Waals surface area contributed by atoms with E-state index in [1.54, 1.807) is 6.07 Å². The van der Waals surface area contributed by atoms with Crippen molar-refractivity contribution >= 4 is 22.7 Å². The van der Waals surface area contributed by atoms with Gasteiger partial charge in [-0.1, -0.05) is 80.6 Å². The van der Waals surface area contributed by atoms with E-state index in [9.17, 15) is 9.59 Å². The Bertz CT molecular complexity index is 1280. The summed E-state index contributed by atoms with van der Waals surface area (Å²) in [6.07, 6.45) is 2.02. The number of carbonyl (C=O) groups is 2. The van der Waals surface area contributed by atoms with Gasteiger partial charge in [0.05, 0.1) is 0 Å². The Hall–Kier alpha value is -3.86. The number of para-hydroxylation sites is 1. The first-order chi connectivity index (χ1) is 16.5. The van der Waals surface area contributed by atoms with E-state index in [1.807, 2.05) is 75.5 Å². The number of aromatic nitrogens is 1. The van der Waals surface area contributed by atoms with Gasteiger partial charge in [-0.15, -0.1) is 0 Å². The second kappa shape index (κ2) is 10.4. The minimum atomic E-state index is -0.633. The van der Waals surface area contributed by atoms with Crippen molar-refractivity contribution in [1.82, 2.24) is 15.6 Å². The zero-order valence-electron chi connectivity index (χ0n) is 19.8. The third-order valence-corrected chi connectivity index (χ3v) is 6.30. The maximum Gasteiger partial charge on any atom is 0.252 e. The molecule has 3 aromatic carbocycles. The number of rotatable bonds is 8. The van der Waals surface area contributed by atoms with E-state index in [0.717, 1.165) is 27.6 Å². The molecule has 2 atom stereocenters. The second-order valence-corrected chi connectivity index (χ2v) is 9.01. The van der Waals surface area contributed by atoms with Crippen LogP contribution in [-0.2, 0) is 4.79 Å². The summed E-state index contributed by atoms with van der Waals surface area (Å²) in [7, 11) is 0. The predicted molar refractivity (Wildman–Crippen MR) is 137 cm³/mol. The molecule has 0 aliphatic carbocycles. The molecule has 1 aromatic heterocycles. The van der Waals surface area contributed by atoms with Gasteiger partial charge in [0.1, 0.15) is 6.04 Å². The fourth-order valence-corrected chi connectivity index (χ4v) is 4.37. The van der Waals surface area contributed by atoms with Gasteiger partial charge in [-0.05, 0) is 41.7 Å². The summed E-state index contributed by atoms with van der Waals surface area (Å²) in [6, 6.07) is 25.1. The third-order valence-electron chi connectivity index (χ3n) is 6.30. The lowest BCUT2D eigenvalue weighted by molar-refractivity contribution is -0.123. The number of carbonyl (C=O) groups excluding carboxylic acids is 2. The number of aryl methyl sites for hydroxylation is 1. The Labute approximate surface area is 200 Å². The van der Waals surface area contributed by atoms with Crippen LogP contribution >= 0.6 is 0 Å². The normalized spacial score (nSPS) is 12.9. The number of H-pyrrole nitrogens is 1. The highest BCUT2D eigenvalue weighted by Crippen LogP contribution is 2.30. The van der Waals surface area contributed by atoms with Crippen LogP contribution in [0.1, 0.15) is 46.8 Å². The molecule has 0 saturated heterocycles. The van der Waals surface area contributed by atoms with Gasteiger partial charge < -0.3 is 15.6 Å². The molecule has 2 amide bonds. The van der Waals surface area contributed by atoms with Gasteiger partial charge in [0.2, 0.25) is 5.91 Å². The summed E-state index contributed by atoms with van der Waals surface area (Å²) in [5.74, 6) is -0.502. The van der Waals surface area contributed by atoms with Crippen molar-refractivity contribution in [3.63, 3.8) is 0 Å². The van der Waals surface area contributed by atoms with E-state index in [1.165, 1.54) is 0 Å². The van der Waals surface area contributed by atoms with Gasteiger partial charge in [-0.25, -0.2) is 0 Å². The number of aromatic amines is 1. The van der Waals surface area contributed by atoms with Crippen LogP contribution in [0.4, 0.5) is 0 Å². The van der Waals surface area contributed by atoms with E-state index in [0.29, 0.717) is 12.1 Å². The van der Waals surface area contributed by atoms with Crippen molar-refractivity contribution < 1.29 is 9.59 Å². The number of hydrogen-bond donors (Lipinski definition) is 3. The van der Waals surface area contributed by atoms with Crippen LogP contribution in [0.5, 0.6) is 0 Å². The zero-order chi connectivity index (χ0) is 24.1. The molecular weight excluding hydrogens is 422 g/mol. The van der Waals surface area contributed by atoms with Gasteiger partial charge in [0.15, 0.2) is 0 Å². The zero-order valence-corrected chi connectivity index (χ0v) is 19.8. The van der Waals surface area contributed by atoms with E-state index >= 15 is 0 Å². The topological polar surface area (TPSA) is 74.0 Å². The van der Waals surface area contributed by atoms with Crippen molar-refractivity contribution in [2.45, 2.75) is 32.7 Å². The summed E-state index contributed by atoms with van der Waals surface area (Å²) in [6.45, 7) is 6.20. The first-order valence-electron chi connectivity index (χ1n) is 11.7. The lowest BCUT2D eigenvalue weighted by Gasteiger charge is -2.24. The van der Waals surface area contributed by atoms with Crippen LogP contribution in [0.3, 0.4) is 0 Å². The molecular formula is C29H31N3O2. The largest absolute Gasteiger partial charge is 0.361 e. The molecule has 4 aromatic rings. The average molecular weight is 454 g/mol. The highest BCUT2D eigenvalue weighted by Gasteiger charge is 2.27. The Morgan fingerprint density at radius 2 is 1.56 bits per heavy atom. The monoisotopic (exact) mass is 453 g/mol. The summed E-state index contributed by atoms with van der Waals surface area (Å²) in [5, 5.41) is 7.20. The van der Waals surface area contributed by atoms with Crippen LogP contribution in [0.25, 0.3) is 10.9 Å². The maximum atomic E-state index is 13.3. The first kappa shape index (κ1) is 23.3. The van der Waals surface area contributed by atoms with Gasteiger partial charge in [0, 0.05) is 35.1 Å². The minimum Gasteiger partial charge on any atom is -0.361 e. The summed E-state index contributed by atoms with van der Waals surface area (Å²) in [4.78, 5) is 29.5. The highest BCUT2D eigenvalue weighted by molar-refractivity contribution is 5.98. The second-order valence-electron chi connectivity index (χ2n) is 9.01.